The Morgan fingerprint density at radius 3 is 1.30 bits per heavy atom. The van der Waals surface area contributed by atoms with E-state index in [9.17, 15) is 0 Å². The van der Waals surface area contributed by atoms with Gasteiger partial charge in [0, 0.05) is 0 Å². The number of unbranched alkanes of at least 4 members (excludes halogenated alkanes) is 5. The second kappa shape index (κ2) is 16.9. The quantitative estimate of drug-likeness (QED) is 0.401. The first kappa shape index (κ1) is 17.6. The maximum Gasteiger partial charge on any atom is 1.00 e. The Hall–Kier alpha value is 1.60. The monoisotopic (exact) mass is 172 g/mol. The van der Waals surface area contributed by atoms with E-state index in [-0.39, 0.29) is 58.3 Å². The van der Waals surface area contributed by atoms with Gasteiger partial charge in [-0.1, -0.05) is 52.4 Å². The smallest absolute Gasteiger partial charge is 1.00 e. The number of rotatable bonds is 5. The Balaban J connectivity index is -0.0000000817. The zero-order valence-corrected chi connectivity index (χ0v) is 10.9. The Kier molecular flexibility index (Phi) is 29.8. The third kappa shape index (κ3) is 16.3. The molecule has 1 nitrogen and oxygen atoms in total. The van der Waals surface area contributed by atoms with E-state index in [1.807, 2.05) is 0 Å². The van der Waals surface area contributed by atoms with Gasteiger partial charge in [0.2, 0.25) is 0 Å². The molecule has 0 aliphatic carbocycles. The summed E-state index contributed by atoms with van der Waals surface area (Å²) in [5.41, 5.74) is 0. The minimum Gasteiger partial charge on any atom is -1.00 e. The van der Waals surface area contributed by atoms with E-state index in [2.05, 4.69) is 13.8 Å². The molecule has 0 aliphatic rings. The van der Waals surface area contributed by atoms with Crippen molar-refractivity contribution < 1.29 is 58.3 Å². The second-order valence-corrected chi connectivity index (χ2v) is 2.41. The Labute approximate surface area is 109 Å². The number of hydrogen-bond donors (Lipinski definition) is 0. The maximum atomic E-state index is 2.26. The zero-order chi connectivity index (χ0) is 6.24. The van der Waals surface area contributed by atoms with Gasteiger partial charge in [-0.25, -0.2) is 0 Å². The largest absolute Gasteiger partial charge is 1.00 e. The SMILES string of the molecule is CCCCCCCC.O.[H-].[K+]. The first-order valence-electron chi connectivity index (χ1n) is 3.91. The molecule has 0 unspecified atom stereocenters. The first-order chi connectivity index (χ1) is 3.91. The first-order valence-corrected chi connectivity index (χ1v) is 3.91. The third-order valence-corrected chi connectivity index (χ3v) is 1.46. The van der Waals surface area contributed by atoms with E-state index in [1.165, 1.54) is 38.5 Å². The summed E-state index contributed by atoms with van der Waals surface area (Å²) in [7, 11) is 0. The van der Waals surface area contributed by atoms with Crippen molar-refractivity contribution in [1.82, 2.24) is 0 Å². The Morgan fingerprint density at radius 1 is 0.800 bits per heavy atom. The van der Waals surface area contributed by atoms with Crippen molar-refractivity contribution >= 4 is 0 Å². The summed E-state index contributed by atoms with van der Waals surface area (Å²) >= 11 is 0. The molecule has 2 heteroatoms. The number of hydrogen-bond acceptors (Lipinski definition) is 0. The van der Waals surface area contributed by atoms with Crippen LogP contribution in [-0.2, 0) is 0 Å². The summed E-state index contributed by atoms with van der Waals surface area (Å²) in [5, 5.41) is 0. The van der Waals surface area contributed by atoms with Crippen LogP contribution in [0, 0.1) is 0 Å². The van der Waals surface area contributed by atoms with Crippen molar-refractivity contribution in [3.05, 3.63) is 0 Å². The summed E-state index contributed by atoms with van der Waals surface area (Å²) in [6, 6.07) is 0. The fourth-order valence-corrected chi connectivity index (χ4v) is 0.854. The summed E-state index contributed by atoms with van der Waals surface area (Å²) in [5.74, 6) is 0. The molecule has 0 saturated carbocycles. The van der Waals surface area contributed by atoms with Gasteiger partial charge in [0.15, 0.2) is 0 Å². The molecular weight excluding hydrogens is 151 g/mol. The molecule has 0 spiro atoms. The molecule has 10 heavy (non-hydrogen) atoms. The molecule has 0 aromatic carbocycles. The topological polar surface area (TPSA) is 31.5 Å². The van der Waals surface area contributed by atoms with Gasteiger partial charge in [-0.05, 0) is 0 Å². The van der Waals surface area contributed by atoms with Crippen LogP contribution in [-0.4, -0.2) is 5.48 Å². The fraction of sp³-hybridized carbons (Fsp3) is 1.00. The van der Waals surface area contributed by atoms with E-state index in [0.29, 0.717) is 0 Å². The zero-order valence-electron chi connectivity index (χ0n) is 8.74. The van der Waals surface area contributed by atoms with Crippen LogP contribution in [0.3, 0.4) is 0 Å². The van der Waals surface area contributed by atoms with Crippen molar-refractivity contribution in [3.63, 3.8) is 0 Å². The molecule has 0 amide bonds. The molecule has 2 N–H and O–H groups in total. The normalized spacial score (nSPS) is 7.80. The van der Waals surface area contributed by atoms with Crippen molar-refractivity contribution in [2.24, 2.45) is 0 Å². The molecule has 0 radical (unpaired) electrons. The molecule has 0 aliphatic heterocycles. The molecule has 0 aromatic rings. The van der Waals surface area contributed by atoms with Gasteiger partial charge < -0.3 is 6.90 Å². The van der Waals surface area contributed by atoms with Gasteiger partial charge in [0.1, 0.15) is 0 Å². The van der Waals surface area contributed by atoms with E-state index in [0.717, 1.165) is 0 Å². The Morgan fingerprint density at radius 2 is 1.10 bits per heavy atom. The van der Waals surface area contributed by atoms with Crippen molar-refractivity contribution in [3.8, 4) is 0 Å². The summed E-state index contributed by atoms with van der Waals surface area (Å²) in [4.78, 5) is 0. The molecule has 0 fully saturated rings. The van der Waals surface area contributed by atoms with Crippen LogP contribution >= 0.6 is 0 Å². The van der Waals surface area contributed by atoms with Gasteiger partial charge >= 0.3 is 51.4 Å². The van der Waals surface area contributed by atoms with Gasteiger partial charge in [0.25, 0.3) is 0 Å². The molecule has 0 atom stereocenters. The molecule has 0 bridgehead atoms. The van der Waals surface area contributed by atoms with Crippen molar-refractivity contribution in [1.29, 1.82) is 0 Å². The fourth-order valence-electron chi connectivity index (χ4n) is 0.854. The van der Waals surface area contributed by atoms with Crippen molar-refractivity contribution in [2.45, 2.75) is 52.4 Å². The third-order valence-electron chi connectivity index (χ3n) is 1.46. The molecule has 0 heterocycles. The van der Waals surface area contributed by atoms with Gasteiger partial charge in [-0.15, -0.1) is 0 Å². The molecule has 0 saturated heterocycles. The van der Waals surface area contributed by atoms with E-state index < -0.39 is 0 Å². The summed E-state index contributed by atoms with van der Waals surface area (Å²) < 4.78 is 0. The van der Waals surface area contributed by atoms with Crippen LogP contribution in [0.4, 0.5) is 0 Å². The average molecular weight is 172 g/mol. The van der Waals surface area contributed by atoms with E-state index in [1.54, 1.807) is 0 Å². The molecule has 0 rings (SSSR count). The standard InChI is InChI=1S/C8H18.K.H2O.H/c1-3-5-7-8-6-4-2;;;/h3-8H2,1-2H3;;1H2;/q;+1;;-1. The molecule has 60 valence electrons. The summed E-state index contributed by atoms with van der Waals surface area (Å²) in [6.07, 6.45) is 8.49. The minimum atomic E-state index is 0. The summed E-state index contributed by atoms with van der Waals surface area (Å²) in [6.45, 7) is 4.51. The van der Waals surface area contributed by atoms with Crippen LogP contribution in [0.2, 0.25) is 0 Å². The van der Waals surface area contributed by atoms with Crippen LogP contribution < -0.4 is 51.4 Å². The van der Waals surface area contributed by atoms with Crippen LogP contribution in [0.15, 0.2) is 0 Å². The van der Waals surface area contributed by atoms with E-state index in [4.69, 9.17) is 0 Å². The van der Waals surface area contributed by atoms with Gasteiger partial charge in [-0.2, -0.15) is 0 Å². The van der Waals surface area contributed by atoms with Gasteiger partial charge in [-0.3, -0.25) is 0 Å². The second-order valence-electron chi connectivity index (χ2n) is 2.41. The molecule has 0 aromatic heterocycles. The predicted octanol–water partition coefficient (Wildman–Crippen LogP) is -0.341. The van der Waals surface area contributed by atoms with Crippen LogP contribution in [0.25, 0.3) is 0 Å². The maximum absolute atomic E-state index is 2.26. The van der Waals surface area contributed by atoms with E-state index >= 15 is 0 Å². The average Bonchev–Trinajstić information content (AvgIpc) is 1.81. The minimum absolute atomic E-state index is 0. The van der Waals surface area contributed by atoms with Crippen LogP contribution in [0.1, 0.15) is 53.8 Å². The Bertz CT molecular complexity index is 39.1. The molecular formula is C8H21KO. The van der Waals surface area contributed by atoms with Gasteiger partial charge in [0.05, 0.1) is 0 Å². The predicted molar refractivity (Wildman–Crippen MR) is 43.8 cm³/mol. The van der Waals surface area contributed by atoms with Crippen molar-refractivity contribution in [2.75, 3.05) is 0 Å². The van der Waals surface area contributed by atoms with Crippen LogP contribution in [0.5, 0.6) is 0 Å².